The van der Waals surface area contributed by atoms with Crippen LogP contribution in [0.1, 0.15) is 12.8 Å². The molecule has 92 valence electrons. The van der Waals surface area contributed by atoms with E-state index in [4.69, 9.17) is 5.11 Å². The number of carbonyl (C=O) groups excluding carboxylic acids is 1. The van der Waals surface area contributed by atoms with Crippen LogP contribution >= 0.6 is 0 Å². The standard InChI is InChI=1S/C12H15FN2O2/c13-10-3-1-4-11(9-10)15-12(17)5-2-6-14(15)7-8-16/h1,3-4,9,16H,2,5-8H2. The van der Waals surface area contributed by atoms with E-state index in [9.17, 15) is 9.18 Å². The maximum Gasteiger partial charge on any atom is 0.241 e. The van der Waals surface area contributed by atoms with Gasteiger partial charge in [-0.1, -0.05) is 6.07 Å². The molecule has 0 radical (unpaired) electrons. The molecule has 1 aliphatic rings. The van der Waals surface area contributed by atoms with Gasteiger partial charge >= 0.3 is 0 Å². The predicted octanol–water partition coefficient (Wildman–Crippen LogP) is 1.16. The van der Waals surface area contributed by atoms with Gasteiger partial charge in [0, 0.05) is 19.5 Å². The van der Waals surface area contributed by atoms with Crippen molar-refractivity contribution < 1.29 is 14.3 Å². The smallest absolute Gasteiger partial charge is 0.241 e. The van der Waals surface area contributed by atoms with E-state index in [1.807, 2.05) is 0 Å². The largest absolute Gasteiger partial charge is 0.395 e. The first-order valence-corrected chi connectivity index (χ1v) is 5.66. The fraction of sp³-hybridized carbons (Fsp3) is 0.417. The van der Waals surface area contributed by atoms with Gasteiger partial charge in [0.1, 0.15) is 5.82 Å². The van der Waals surface area contributed by atoms with Crippen LogP contribution in [0.15, 0.2) is 24.3 Å². The molecule has 17 heavy (non-hydrogen) atoms. The van der Waals surface area contributed by atoms with E-state index < -0.39 is 0 Å². The van der Waals surface area contributed by atoms with Gasteiger partial charge in [-0.25, -0.2) is 14.4 Å². The summed E-state index contributed by atoms with van der Waals surface area (Å²) in [4.78, 5) is 11.9. The Hall–Kier alpha value is -1.46. The summed E-state index contributed by atoms with van der Waals surface area (Å²) >= 11 is 0. The molecule has 0 atom stereocenters. The minimum Gasteiger partial charge on any atom is -0.395 e. The summed E-state index contributed by atoms with van der Waals surface area (Å²) in [5, 5.41) is 12.2. The zero-order valence-electron chi connectivity index (χ0n) is 9.47. The molecule has 1 aromatic carbocycles. The molecule has 1 fully saturated rings. The molecule has 1 aliphatic heterocycles. The molecule has 0 bridgehead atoms. The Bertz CT molecular complexity index is 409. The predicted molar refractivity (Wildman–Crippen MR) is 61.8 cm³/mol. The van der Waals surface area contributed by atoms with Crippen molar-refractivity contribution in [3.63, 3.8) is 0 Å². The van der Waals surface area contributed by atoms with Crippen LogP contribution < -0.4 is 5.01 Å². The highest BCUT2D eigenvalue weighted by Gasteiger charge is 2.27. The van der Waals surface area contributed by atoms with Crippen LogP contribution in [0.3, 0.4) is 0 Å². The number of rotatable bonds is 3. The van der Waals surface area contributed by atoms with Crippen LogP contribution in [0.4, 0.5) is 10.1 Å². The lowest BCUT2D eigenvalue weighted by Crippen LogP contribution is -2.51. The Labute approximate surface area is 99.2 Å². The number of anilines is 1. The van der Waals surface area contributed by atoms with Gasteiger partial charge in [0.15, 0.2) is 0 Å². The molecule has 1 heterocycles. The molecule has 0 aromatic heterocycles. The Morgan fingerprint density at radius 2 is 2.24 bits per heavy atom. The normalized spacial score (nSPS) is 17.5. The van der Waals surface area contributed by atoms with Gasteiger partial charge in [-0.15, -0.1) is 0 Å². The Kier molecular flexibility index (Phi) is 3.71. The fourth-order valence-electron chi connectivity index (χ4n) is 2.02. The number of aliphatic hydroxyl groups excluding tert-OH is 1. The number of hydrogen-bond acceptors (Lipinski definition) is 3. The third-order valence-corrected chi connectivity index (χ3v) is 2.74. The molecular formula is C12H15FN2O2. The van der Waals surface area contributed by atoms with Gasteiger partial charge in [0.2, 0.25) is 5.91 Å². The number of halogens is 1. The molecule has 0 saturated carbocycles. The van der Waals surface area contributed by atoms with Gasteiger partial charge in [-0.2, -0.15) is 0 Å². The van der Waals surface area contributed by atoms with E-state index in [1.54, 1.807) is 17.1 Å². The quantitative estimate of drug-likeness (QED) is 0.859. The SMILES string of the molecule is O=C1CCCN(CCO)N1c1cccc(F)c1. The summed E-state index contributed by atoms with van der Waals surface area (Å²) in [5.74, 6) is -0.430. The number of nitrogens with zero attached hydrogens (tertiary/aromatic N) is 2. The van der Waals surface area contributed by atoms with Gasteiger partial charge in [0.25, 0.3) is 0 Å². The number of benzene rings is 1. The molecule has 1 amide bonds. The zero-order chi connectivity index (χ0) is 12.3. The number of hydrogen-bond donors (Lipinski definition) is 1. The fourth-order valence-corrected chi connectivity index (χ4v) is 2.02. The zero-order valence-corrected chi connectivity index (χ0v) is 9.47. The summed E-state index contributed by atoms with van der Waals surface area (Å²) in [7, 11) is 0. The summed E-state index contributed by atoms with van der Waals surface area (Å²) in [5.41, 5.74) is 0.517. The average Bonchev–Trinajstić information content (AvgIpc) is 2.29. The molecule has 4 nitrogen and oxygen atoms in total. The van der Waals surface area contributed by atoms with Crippen LogP contribution in [0, 0.1) is 5.82 Å². The Morgan fingerprint density at radius 3 is 2.94 bits per heavy atom. The molecule has 2 rings (SSSR count). The molecule has 1 aromatic rings. The van der Waals surface area contributed by atoms with Crippen LogP contribution in [0.5, 0.6) is 0 Å². The third-order valence-electron chi connectivity index (χ3n) is 2.74. The van der Waals surface area contributed by atoms with Crippen LogP contribution in [0.2, 0.25) is 0 Å². The molecular weight excluding hydrogens is 223 g/mol. The van der Waals surface area contributed by atoms with E-state index >= 15 is 0 Å². The highest BCUT2D eigenvalue weighted by atomic mass is 19.1. The lowest BCUT2D eigenvalue weighted by molar-refractivity contribution is -0.124. The summed E-state index contributed by atoms with van der Waals surface area (Å²) in [6.07, 6.45) is 1.23. The van der Waals surface area contributed by atoms with Crippen LogP contribution in [-0.4, -0.2) is 35.7 Å². The second-order valence-electron chi connectivity index (χ2n) is 3.97. The van der Waals surface area contributed by atoms with Gasteiger partial charge in [0.05, 0.1) is 12.3 Å². The van der Waals surface area contributed by atoms with Gasteiger partial charge in [-0.05, 0) is 24.6 Å². The lowest BCUT2D eigenvalue weighted by Gasteiger charge is -2.38. The van der Waals surface area contributed by atoms with Crippen LogP contribution in [-0.2, 0) is 4.79 Å². The first-order valence-electron chi connectivity index (χ1n) is 5.66. The van der Waals surface area contributed by atoms with Gasteiger partial charge in [-0.3, -0.25) is 4.79 Å². The van der Waals surface area contributed by atoms with Crippen molar-refractivity contribution in [3.05, 3.63) is 30.1 Å². The highest BCUT2D eigenvalue weighted by Crippen LogP contribution is 2.22. The van der Waals surface area contributed by atoms with Crippen molar-refractivity contribution in [3.8, 4) is 0 Å². The number of β-amino-alcohol motifs (C(OH)–C–C–N with tert-alkyl or cyclic N) is 1. The van der Waals surface area contributed by atoms with Crippen molar-refractivity contribution in [1.29, 1.82) is 0 Å². The second-order valence-corrected chi connectivity index (χ2v) is 3.97. The maximum atomic E-state index is 13.2. The van der Waals surface area contributed by atoms with Gasteiger partial charge < -0.3 is 5.11 Å². The molecule has 0 unspecified atom stereocenters. The van der Waals surface area contributed by atoms with E-state index in [1.165, 1.54) is 17.1 Å². The van der Waals surface area contributed by atoms with E-state index in [-0.39, 0.29) is 18.3 Å². The average molecular weight is 238 g/mol. The molecule has 1 N–H and O–H groups in total. The third kappa shape index (κ3) is 2.62. The summed E-state index contributed by atoms with van der Waals surface area (Å²) < 4.78 is 13.2. The number of carbonyl (C=O) groups is 1. The first-order chi connectivity index (χ1) is 8.22. The topological polar surface area (TPSA) is 43.8 Å². The van der Waals surface area contributed by atoms with E-state index in [2.05, 4.69) is 0 Å². The van der Waals surface area contributed by atoms with Crippen molar-refractivity contribution in [2.45, 2.75) is 12.8 Å². The highest BCUT2D eigenvalue weighted by molar-refractivity contribution is 5.93. The minimum atomic E-state index is -0.371. The Balaban J connectivity index is 2.27. The minimum absolute atomic E-state index is 0.0287. The second kappa shape index (κ2) is 5.25. The molecule has 1 saturated heterocycles. The van der Waals surface area contributed by atoms with Crippen molar-refractivity contribution >= 4 is 11.6 Å². The lowest BCUT2D eigenvalue weighted by atomic mass is 10.2. The summed E-state index contributed by atoms with van der Waals surface area (Å²) in [6, 6.07) is 5.93. The molecule has 0 spiro atoms. The van der Waals surface area contributed by atoms with E-state index in [0.717, 1.165) is 6.42 Å². The molecule has 5 heteroatoms. The Morgan fingerprint density at radius 1 is 1.41 bits per heavy atom. The van der Waals surface area contributed by atoms with Crippen LogP contribution in [0.25, 0.3) is 0 Å². The first kappa shape index (κ1) is 12.0. The van der Waals surface area contributed by atoms with E-state index in [0.29, 0.717) is 25.2 Å². The monoisotopic (exact) mass is 238 g/mol. The number of aliphatic hydroxyl groups is 1. The number of hydrazine groups is 1. The van der Waals surface area contributed by atoms with Crippen molar-refractivity contribution in [1.82, 2.24) is 5.01 Å². The number of amides is 1. The maximum absolute atomic E-state index is 13.2. The summed E-state index contributed by atoms with van der Waals surface area (Å²) in [6.45, 7) is 1.05. The molecule has 0 aliphatic carbocycles. The van der Waals surface area contributed by atoms with Crippen molar-refractivity contribution in [2.24, 2.45) is 0 Å². The van der Waals surface area contributed by atoms with Crippen molar-refractivity contribution in [2.75, 3.05) is 24.7 Å².